The van der Waals surface area contributed by atoms with Crippen molar-refractivity contribution in [3.63, 3.8) is 0 Å². The van der Waals surface area contributed by atoms with Gasteiger partial charge in [0.05, 0.1) is 29.2 Å². The number of nitrogens with one attached hydrogen (secondary N) is 2. The summed E-state index contributed by atoms with van der Waals surface area (Å²) in [7, 11) is -6.61. The Bertz CT molecular complexity index is 1140. The number of rotatable bonds is 7. The van der Waals surface area contributed by atoms with Crippen LogP contribution >= 0.6 is 0 Å². The molecule has 1 unspecified atom stereocenters. The molecular weight excluding hydrogens is 454 g/mol. The molecule has 2 aliphatic rings. The first-order valence-corrected chi connectivity index (χ1v) is 13.9. The SMILES string of the molecule is O=C(Nc1ccc(S(=O)(=O)NCc2ccco2)cc1)C1CCN(C2CCS(=O)(=O)C2)CC1. The highest BCUT2D eigenvalue weighted by Gasteiger charge is 2.35. The van der Waals surface area contributed by atoms with Crippen LogP contribution in [-0.2, 0) is 31.2 Å². The molecule has 174 valence electrons. The summed E-state index contributed by atoms with van der Waals surface area (Å²) in [5.41, 5.74) is 0.532. The van der Waals surface area contributed by atoms with Crippen molar-refractivity contribution in [1.29, 1.82) is 0 Å². The summed E-state index contributed by atoms with van der Waals surface area (Å²) in [5.74, 6) is 0.730. The number of carbonyl (C=O) groups is 1. The summed E-state index contributed by atoms with van der Waals surface area (Å²) < 4.78 is 55.8. The molecule has 32 heavy (non-hydrogen) atoms. The molecule has 1 amide bonds. The third kappa shape index (κ3) is 5.58. The predicted octanol–water partition coefficient (Wildman–Crippen LogP) is 1.60. The highest BCUT2D eigenvalue weighted by atomic mass is 32.2. The van der Waals surface area contributed by atoms with Gasteiger partial charge in [0.2, 0.25) is 15.9 Å². The quantitative estimate of drug-likeness (QED) is 0.615. The van der Waals surface area contributed by atoms with Crippen LogP contribution in [0.3, 0.4) is 0 Å². The molecule has 0 spiro atoms. The summed E-state index contributed by atoms with van der Waals surface area (Å²) in [6.07, 6.45) is 3.49. The molecule has 1 aromatic heterocycles. The first kappa shape index (κ1) is 23.0. The average Bonchev–Trinajstić information content (AvgIpc) is 3.42. The molecule has 9 nitrogen and oxygen atoms in total. The number of anilines is 1. The molecule has 0 saturated carbocycles. The maximum atomic E-state index is 12.6. The minimum Gasteiger partial charge on any atom is -0.468 e. The molecule has 3 heterocycles. The van der Waals surface area contributed by atoms with Gasteiger partial charge in [-0.3, -0.25) is 9.69 Å². The number of hydrogen-bond acceptors (Lipinski definition) is 7. The molecule has 11 heteroatoms. The fourth-order valence-corrected chi connectivity index (χ4v) is 6.97. The van der Waals surface area contributed by atoms with Crippen LogP contribution in [0.4, 0.5) is 5.69 Å². The molecule has 4 rings (SSSR count). The second kappa shape index (κ2) is 9.34. The number of likely N-dealkylation sites (tertiary alicyclic amines) is 1. The van der Waals surface area contributed by atoms with Gasteiger partial charge in [0, 0.05) is 17.6 Å². The minimum absolute atomic E-state index is 0.0549. The summed E-state index contributed by atoms with van der Waals surface area (Å²) in [5, 5.41) is 2.86. The van der Waals surface area contributed by atoms with E-state index in [2.05, 4.69) is 14.9 Å². The number of sulfonamides is 1. The number of benzene rings is 1. The zero-order valence-corrected chi connectivity index (χ0v) is 19.2. The molecule has 0 bridgehead atoms. The lowest BCUT2D eigenvalue weighted by molar-refractivity contribution is -0.121. The van der Waals surface area contributed by atoms with Crippen LogP contribution in [-0.4, -0.2) is 58.3 Å². The Kier molecular flexibility index (Phi) is 6.70. The normalized spacial score (nSPS) is 22.1. The summed E-state index contributed by atoms with van der Waals surface area (Å²) >= 11 is 0. The fourth-order valence-electron chi connectivity index (χ4n) is 4.21. The van der Waals surface area contributed by atoms with Crippen molar-refractivity contribution >= 4 is 31.5 Å². The van der Waals surface area contributed by atoms with Crippen LogP contribution in [0.25, 0.3) is 0 Å². The number of piperidine rings is 1. The van der Waals surface area contributed by atoms with Crippen molar-refractivity contribution in [3.05, 3.63) is 48.4 Å². The van der Waals surface area contributed by atoms with Crippen LogP contribution in [0.2, 0.25) is 0 Å². The molecule has 2 N–H and O–H groups in total. The van der Waals surface area contributed by atoms with E-state index in [0.29, 0.717) is 43.8 Å². The number of sulfone groups is 1. The lowest BCUT2D eigenvalue weighted by atomic mass is 9.94. The largest absolute Gasteiger partial charge is 0.468 e. The smallest absolute Gasteiger partial charge is 0.240 e. The van der Waals surface area contributed by atoms with Crippen LogP contribution in [0, 0.1) is 5.92 Å². The van der Waals surface area contributed by atoms with E-state index in [0.717, 1.165) is 0 Å². The predicted molar refractivity (Wildman–Crippen MR) is 119 cm³/mol. The molecular formula is C21H27N3O6S2. The first-order chi connectivity index (χ1) is 15.2. The van der Waals surface area contributed by atoms with Gasteiger partial charge in [-0.05, 0) is 68.8 Å². The van der Waals surface area contributed by atoms with Gasteiger partial charge in [0.25, 0.3) is 0 Å². The van der Waals surface area contributed by atoms with E-state index in [9.17, 15) is 21.6 Å². The average molecular weight is 482 g/mol. The topological polar surface area (TPSA) is 126 Å². The van der Waals surface area contributed by atoms with Crippen LogP contribution in [0.5, 0.6) is 0 Å². The van der Waals surface area contributed by atoms with Crippen molar-refractivity contribution in [2.75, 3.05) is 29.9 Å². The van der Waals surface area contributed by atoms with E-state index in [1.165, 1.54) is 18.4 Å². The summed E-state index contributed by atoms with van der Waals surface area (Å²) in [6.45, 7) is 1.47. The van der Waals surface area contributed by atoms with Gasteiger partial charge < -0.3 is 9.73 Å². The van der Waals surface area contributed by atoms with Crippen molar-refractivity contribution in [3.8, 4) is 0 Å². The highest BCUT2D eigenvalue weighted by Crippen LogP contribution is 2.25. The van der Waals surface area contributed by atoms with Gasteiger partial charge in [-0.2, -0.15) is 0 Å². The number of nitrogens with zero attached hydrogens (tertiary/aromatic N) is 1. The first-order valence-electron chi connectivity index (χ1n) is 10.6. The van der Waals surface area contributed by atoms with E-state index in [-0.39, 0.29) is 40.8 Å². The van der Waals surface area contributed by atoms with Crippen LogP contribution < -0.4 is 10.0 Å². The Morgan fingerprint density at radius 3 is 2.41 bits per heavy atom. The van der Waals surface area contributed by atoms with E-state index in [4.69, 9.17) is 4.42 Å². The van der Waals surface area contributed by atoms with Crippen molar-refractivity contribution in [2.24, 2.45) is 5.92 Å². The van der Waals surface area contributed by atoms with E-state index in [1.54, 1.807) is 24.3 Å². The lowest BCUT2D eigenvalue weighted by Crippen LogP contribution is -2.44. The molecule has 0 radical (unpaired) electrons. The maximum absolute atomic E-state index is 12.6. The zero-order chi connectivity index (χ0) is 22.8. The van der Waals surface area contributed by atoms with Gasteiger partial charge in [-0.1, -0.05) is 0 Å². The molecule has 2 saturated heterocycles. The fraction of sp³-hybridized carbons (Fsp3) is 0.476. The molecule has 2 aromatic rings. The maximum Gasteiger partial charge on any atom is 0.240 e. The highest BCUT2D eigenvalue weighted by molar-refractivity contribution is 7.91. The third-order valence-corrected chi connectivity index (χ3v) is 9.24. The van der Waals surface area contributed by atoms with Crippen molar-refractivity contribution < 1.29 is 26.0 Å². The van der Waals surface area contributed by atoms with Gasteiger partial charge in [0.1, 0.15) is 5.76 Å². The lowest BCUT2D eigenvalue weighted by Gasteiger charge is -2.34. The number of furan rings is 1. The van der Waals surface area contributed by atoms with Gasteiger partial charge >= 0.3 is 0 Å². The van der Waals surface area contributed by atoms with Gasteiger partial charge in [-0.15, -0.1) is 0 Å². The molecule has 2 fully saturated rings. The zero-order valence-electron chi connectivity index (χ0n) is 17.6. The molecule has 1 atom stereocenters. The standard InChI is InChI=1S/C21H27N3O6S2/c25-21(16-7-10-24(11-8-16)18-9-13-31(26,27)15-18)23-17-3-5-20(6-4-17)32(28,29)22-14-19-2-1-12-30-19/h1-6,12,16,18,22H,7-11,13-15H2,(H,23,25). The molecule has 1 aromatic carbocycles. The minimum atomic E-state index is -3.70. The molecule has 0 aliphatic carbocycles. The Morgan fingerprint density at radius 2 is 1.81 bits per heavy atom. The number of carbonyl (C=O) groups excluding carboxylic acids is 1. The second-order valence-corrected chi connectivity index (χ2v) is 12.3. The van der Waals surface area contributed by atoms with E-state index >= 15 is 0 Å². The van der Waals surface area contributed by atoms with Crippen LogP contribution in [0.15, 0.2) is 52.0 Å². The summed E-state index contributed by atoms with van der Waals surface area (Å²) in [6, 6.07) is 9.47. The van der Waals surface area contributed by atoms with Crippen LogP contribution in [0.1, 0.15) is 25.0 Å². The third-order valence-electron chi connectivity index (χ3n) is 6.07. The van der Waals surface area contributed by atoms with E-state index < -0.39 is 19.9 Å². The van der Waals surface area contributed by atoms with E-state index in [1.807, 2.05) is 0 Å². The van der Waals surface area contributed by atoms with Crippen molar-refractivity contribution in [1.82, 2.24) is 9.62 Å². The van der Waals surface area contributed by atoms with Gasteiger partial charge in [0.15, 0.2) is 9.84 Å². The second-order valence-electron chi connectivity index (χ2n) is 8.28. The summed E-state index contributed by atoms with van der Waals surface area (Å²) in [4.78, 5) is 14.9. The Balaban J connectivity index is 1.27. The Hall–Kier alpha value is -2.21. The van der Waals surface area contributed by atoms with Gasteiger partial charge in [-0.25, -0.2) is 21.6 Å². The van der Waals surface area contributed by atoms with Crippen molar-refractivity contribution in [2.45, 2.75) is 36.7 Å². The number of amides is 1. The Labute approximate surface area is 188 Å². The monoisotopic (exact) mass is 481 g/mol. The molecule has 2 aliphatic heterocycles. The Morgan fingerprint density at radius 1 is 1.09 bits per heavy atom. The number of hydrogen-bond donors (Lipinski definition) is 2.